The second-order valence-electron chi connectivity index (χ2n) is 5.39. The van der Waals surface area contributed by atoms with Crippen molar-refractivity contribution in [3.8, 4) is 0 Å². The van der Waals surface area contributed by atoms with Gasteiger partial charge in [0.25, 0.3) is 0 Å². The summed E-state index contributed by atoms with van der Waals surface area (Å²) in [7, 11) is 0. The van der Waals surface area contributed by atoms with Crippen LogP contribution in [0.3, 0.4) is 0 Å². The van der Waals surface area contributed by atoms with Crippen LogP contribution >= 0.6 is 0 Å². The van der Waals surface area contributed by atoms with Crippen molar-refractivity contribution in [2.75, 3.05) is 0 Å². The van der Waals surface area contributed by atoms with Gasteiger partial charge >= 0.3 is 0 Å². The first-order valence-corrected chi connectivity index (χ1v) is 6.21. The van der Waals surface area contributed by atoms with Crippen molar-refractivity contribution in [3.63, 3.8) is 0 Å². The van der Waals surface area contributed by atoms with Gasteiger partial charge in [0.15, 0.2) is 5.78 Å². The minimum atomic E-state index is 0.173. The Bertz CT molecular complexity index is 415. The van der Waals surface area contributed by atoms with Gasteiger partial charge in [0.05, 0.1) is 0 Å². The van der Waals surface area contributed by atoms with Gasteiger partial charge < -0.3 is 0 Å². The Morgan fingerprint density at radius 3 is 2.69 bits per heavy atom. The summed E-state index contributed by atoms with van der Waals surface area (Å²) in [6.07, 6.45) is 3.90. The van der Waals surface area contributed by atoms with Crippen LogP contribution in [0.1, 0.15) is 61.5 Å². The molecule has 0 saturated heterocycles. The zero-order valence-electron chi connectivity index (χ0n) is 10.5. The maximum Gasteiger partial charge on any atom is 0.163 e. The van der Waals surface area contributed by atoms with Gasteiger partial charge in [-0.15, -0.1) is 0 Å². The van der Waals surface area contributed by atoms with E-state index in [-0.39, 0.29) is 5.41 Å². The third kappa shape index (κ3) is 1.91. The lowest BCUT2D eigenvalue weighted by atomic mass is 9.79. The summed E-state index contributed by atoms with van der Waals surface area (Å²) in [6.45, 7) is 6.67. The lowest BCUT2D eigenvalue weighted by Gasteiger charge is -2.25. The number of hydrogen-bond donors (Lipinski definition) is 0. The molecule has 1 aliphatic rings. The van der Waals surface area contributed by atoms with Gasteiger partial charge in [-0.05, 0) is 41.9 Å². The fourth-order valence-electron chi connectivity index (χ4n) is 2.25. The molecule has 0 N–H and O–H groups in total. The first kappa shape index (κ1) is 11.4. The van der Waals surface area contributed by atoms with E-state index in [1.54, 1.807) is 0 Å². The highest BCUT2D eigenvalue weighted by molar-refractivity contribution is 5.98. The molecule has 0 unspecified atom stereocenters. The summed E-state index contributed by atoms with van der Waals surface area (Å²) in [5, 5.41) is 0. The van der Waals surface area contributed by atoms with Crippen LogP contribution < -0.4 is 0 Å². The predicted octanol–water partition coefficient (Wildman–Crippen LogP) is 3.89. The van der Waals surface area contributed by atoms with E-state index in [4.69, 9.17) is 0 Å². The molecule has 0 aliphatic heterocycles. The number of Topliss-reactive ketones (excluding diaryl/α,β-unsaturated/α-hetero) is 1. The topological polar surface area (TPSA) is 17.1 Å². The lowest BCUT2D eigenvalue weighted by Crippen LogP contribution is -2.18. The number of ketones is 1. The molecule has 0 radical (unpaired) electrons. The van der Waals surface area contributed by atoms with E-state index in [2.05, 4.69) is 39.0 Å². The molecule has 0 saturated carbocycles. The SMILES string of the molecule is CCC(C)(C)c1ccc2c(c1)C(=O)CCC2. The maximum atomic E-state index is 11.9. The van der Waals surface area contributed by atoms with Crippen molar-refractivity contribution in [2.24, 2.45) is 0 Å². The van der Waals surface area contributed by atoms with Crippen molar-refractivity contribution in [2.45, 2.75) is 51.9 Å². The molecule has 1 aromatic carbocycles. The van der Waals surface area contributed by atoms with E-state index in [1.165, 1.54) is 11.1 Å². The van der Waals surface area contributed by atoms with Crippen molar-refractivity contribution < 1.29 is 4.79 Å². The largest absolute Gasteiger partial charge is 0.294 e. The van der Waals surface area contributed by atoms with Gasteiger partial charge in [0.1, 0.15) is 0 Å². The minimum absolute atomic E-state index is 0.173. The normalized spacial score (nSPS) is 16.1. The Morgan fingerprint density at radius 1 is 1.25 bits per heavy atom. The summed E-state index contributed by atoms with van der Waals surface area (Å²) in [5.74, 6) is 0.329. The fourth-order valence-corrected chi connectivity index (χ4v) is 2.25. The van der Waals surface area contributed by atoms with Gasteiger partial charge in [-0.1, -0.05) is 32.9 Å². The first-order valence-electron chi connectivity index (χ1n) is 6.21. The number of carbonyl (C=O) groups excluding carboxylic acids is 1. The Kier molecular flexibility index (Phi) is 2.88. The van der Waals surface area contributed by atoms with Crippen molar-refractivity contribution in [1.82, 2.24) is 0 Å². The molecule has 0 heterocycles. The number of aryl methyl sites for hydroxylation is 1. The Labute approximate surface area is 97.9 Å². The van der Waals surface area contributed by atoms with Gasteiger partial charge in [-0.25, -0.2) is 0 Å². The van der Waals surface area contributed by atoms with Crippen LogP contribution in [-0.2, 0) is 11.8 Å². The van der Waals surface area contributed by atoms with Crippen molar-refractivity contribution in [1.29, 1.82) is 0 Å². The molecule has 1 aliphatic carbocycles. The Hall–Kier alpha value is -1.11. The molecule has 0 bridgehead atoms. The number of hydrogen-bond acceptors (Lipinski definition) is 1. The van der Waals surface area contributed by atoms with Gasteiger partial charge in [-0.2, -0.15) is 0 Å². The number of rotatable bonds is 2. The van der Waals surface area contributed by atoms with Crippen LogP contribution in [0.25, 0.3) is 0 Å². The number of fused-ring (bicyclic) bond motifs is 1. The zero-order chi connectivity index (χ0) is 11.8. The molecule has 2 rings (SSSR count). The highest BCUT2D eigenvalue weighted by Crippen LogP contribution is 2.30. The average Bonchev–Trinajstić information content (AvgIpc) is 2.29. The van der Waals surface area contributed by atoms with E-state index in [0.29, 0.717) is 5.78 Å². The molecule has 0 spiro atoms. The second kappa shape index (κ2) is 4.04. The summed E-state index contributed by atoms with van der Waals surface area (Å²) >= 11 is 0. The quantitative estimate of drug-likeness (QED) is 0.733. The van der Waals surface area contributed by atoms with Gasteiger partial charge in [0.2, 0.25) is 0 Å². The number of carbonyl (C=O) groups is 1. The first-order chi connectivity index (χ1) is 7.54. The van der Waals surface area contributed by atoms with E-state index in [0.717, 1.165) is 31.2 Å². The van der Waals surface area contributed by atoms with E-state index in [1.807, 2.05) is 0 Å². The van der Waals surface area contributed by atoms with Crippen LogP contribution in [0.15, 0.2) is 18.2 Å². The number of benzene rings is 1. The molecule has 0 aromatic heterocycles. The molecule has 0 fully saturated rings. The van der Waals surface area contributed by atoms with Crippen molar-refractivity contribution in [3.05, 3.63) is 34.9 Å². The smallest absolute Gasteiger partial charge is 0.163 e. The molecule has 1 heteroatoms. The summed E-state index contributed by atoms with van der Waals surface area (Å²) in [6, 6.07) is 6.47. The fraction of sp³-hybridized carbons (Fsp3) is 0.533. The molecular weight excluding hydrogens is 196 g/mol. The summed E-state index contributed by atoms with van der Waals surface area (Å²) in [5.41, 5.74) is 3.69. The van der Waals surface area contributed by atoms with Gasteiger partial charge in [-0.3, -0.25) is 4.79 Å². The van der Waals surface area contributed by atoms with Crippen LogP contribution in [-0.4, -0.2) is 5.78 Å². The third-order valence-corrected chi connectivity index (χ3v) is 3.93. The molecule has 1 aromatic rings. The third-order valence-electron chi connectivity index (χ3n) is 3.93. The molecule has 0 atom stereocenters. The van der Waals surface area contributed by atoms with E-state index in [9.17, 15) is 4.79 Å². The monoisotopic (exact) mass is 216 g/mol. The van der Waals surface area contributed by atoms with Crippen LogP contribution in [0.4, 0.5) is 0 Å². The minimum Gasteiger partial charge on any atom is -0.294 e. The highest BCUT2D eigenvalue weighted by Gasteiger charge is 2.22. The predicted molar refractivity (Wildman–Crippen MR) is 67.0 cm³/mol. The molecule has 16 heavy (non-hydrogen) atoms. The van der Waals surface area contributed by atoms with Crippen LogP contribution in [0, 0.1) is 0 Å². The summed E-state index contributed by atoms with van der Waals surface area (Å²) in [4.78, 5) is 11.9. The van der Waals surface area contributed by atoms with E-state index < -0.39 is 0 Å². The molecule has 0 amide bonds. The highest BCUT2D eigenvalue weighted by atomic mass is 16.1. The maximum absolute atomic E-state index is 11.9. The Morgan fingerprint density at radius 2 is 2.00 bits per heavy atom. The Balaban J connectivity index is 2.45. The second-order valence-corrected chi connectivity index (χ2v) is 5.39. The standard InChI is InChI=1S/C15H20O/c1-4-15(2,3)12-9-8-11-6-5-7-14(16)13(11)10-12/h8-10H,4-7H2,1-3H3. The van der Waals surface area contributed by atoms with Crippen molar-refractivity contribution >= 4 is 5.78 Å². The zero-order valence-corrected chi connectivity index (χ0v) is 10.5. The van der Waals surface area contributed by atoms with Crippen LogP contribution in [0.5, 0.6) is 0 Å². The molecule has 1 nitrogen and oxygen atoms in total. The van der Waals surface area contributed by atoms with Gasteiger partial charge in [0, 0.05) is 12.0 Å². The molecular formula is C15H20O. The van der Waals surface area contributed by atoms with Crippen LogP contribution in [0.2, 0.25) is 0 Å². The lowest BCUT2D eigenvalue weighted by molar-refractivity contribution is 0.0972. The summed E-state index contributed by atoms with van der Waals surface area (Å²) < 4.78 is 0. The van der Waals surface area contributed by atoms with E-state index >= 15 is 0 Å². The molecule has 86 valence electrons. The average molecular weight is 216 g/mol.